The number of piperazine rings is 1. The van der Waals surface area contributed by atoms with E-state index in [0.717, 1.165) is 35.9 Å². The van der Waals surface area contributed by atoms with Crippen molar-refractivity contribution in [1.82, 2.24) is 4.90 Å². The minimum atomic E-state index is 0.872. The van der Waals surface area contributed by atoms with Gasteiger partial charge in [0, 0.05) is 32.7 Å². The van der Waals surface area contributed by atoms with E-state index >= 15 is 0 Å². The Labute approximate surface area is 132 Å². The summed E-state index contributed by atoms with van der Waals surface area (Å²) in [6, 6.07) is 8.21. The van der Waals surface area contributed by atoms with Crippen LogP contribution in [0, 0.1) is 17.8 Å². The van der Waals surface area contributed by atoms with Crippen LogP contribution in [-0.2, 0) is 0 Å². The Morgan fingerprint density at radius 1 is 1.00 bits per heavy atom. The number of benzene rings is 1. The van der Waals surface area contributed by atoms with Crippen LogP contribution in [0.4, 0.5) is 5.69 Å². The summed E-state index contributed by atoms with van der Waals surface area (Å²) >= 11 is 6.31. The molecule has 2 bridgehead atoms. The minimum absolute atomic E-state index is 0.872. The lowest BCUT2D eigenvalue weighted by Crippen LogP contribution is -2.48. The third-order valence-corrected chi connectivity index (χ3v) is 5.79. The maximum absolute atomic E-state index is 6.31. The molecule has 1 saturated carbocycles. The fourth-order valence-electron chi connectivity index (χ4n) is 4.32. The summed E-state index contributed by atoms with van der Waals surface area (Å²) < 4.78 is 0. The van der Waals surface area contributed by atoms with E-state index in [9.17, 15) is 0 Å². The molecule has 0 N–H and O–H groups in total. The Balaban J connectivity index is 1.33. The number of anilines is 1. The van der Waals surface area contributed by atoms with E-state index in [-0.39, 0.29) is 0 Å². The highest BCUT2D eigenvalue weighted by atomic mass is 35.5. The standard InChI is InChI=1S/C18H23ClN2/c19-17-3-1-2-4-18(17)21-9-7-20(8-10-21)13-16-12-14-5-6-15(16)11-14/h1-6,14-16H,7-13H2/t14-,15-,16-/m1/s1. The average molecular weight is 303 g/mol. The van der Waals surface area contributed by atoms with Crippen LogP contribution >= 0.6 is 11.6 Å². The van der Waals surface area contributed by atoms with E-state index in [1.165, 1.54) is 38.2 Å². The van der Waals surface area contributed by atoms with Crippen molar-refractivity contribution < 1.29 is 0 Å². The van der Waals surface area contributed by atoms with Gasteiger partial charge >= 0.3 is 0 Å². The molecule has 0 unspecified atom stereocenters. The first kappa shape index (κ1) is 13.7. The third kappa shape index (κ3) is 2.72. The maximum atomic E-state index is 6.31. The van der Waals surface area contributed by atoms with Crippen LogP contribution in [0.5, 0.6) is 0 Å². The molecule has 112 valence electrons. The smallest absolute Gasteiger partial charge is 0.0639 e. The van der Waals surface area contributed by atoms with Crippen LogP contribution in [0.2, 0.25) is 5.02 Å². The van der Waals surface area contributed by atoms with E-state index in [1.54, 1.807) is 0 Å². The summed E-state index contributed by atoms with van der Waals surface area (Å²) in [5.74, 6) is 2.67. The molecule has 4 rings (SSSR count). The van der Waals surface area contributed by atoms with Crippen molar-refractivity contribution in [2.24, 2.45) is 17.8 Å². The van der Waals surface area contributed by atoms with E-state index in [4.69, 9.17) is 11.6 Å². The quantitative estimate of drug-likeness (QED) is 0.786. The Kier molecular flexibility index (Phi) is 3.68. The average Bonchev–Trinajstić information content (AvgIpc) is 3.11. The highest BCUT2D eigenvalue weighted by molar-refractivity contribution is 6.33. The molecule has 1 heterocycles. The van der Waals surface area contributed by atoms with Gasteiger partial charge in [0.25, 0.3) is 0 Å². The second-order valence-corrected chi connectivity index (χ2v) is 7.19. The minimum Gasteiger partial charge on any atom is -0.368 e. The van der Waals surface area contributed by atoms with Crippen LogP contribution in [-0.4, -0.2) is 37.6 Å². The summed E-state index contributed by atoms with van der Waals surface area (Å²) in [5.41, 5.74) is 1.20. The molecule has 1 saturated heterocycles. The number of hydrogen-bond donors (Lipinski definition) is 0. The van der Waals surface area contributed by atoms with E-state index in [1.807, 2.05) is 12.1 Å². The van der Waals surface area contributed by atoms with Crippen molar-refractivity contribution in [1.29, 1.82) is 0 Å². The lowest BCUT2D eigenvalue weighted by molar-refractivity contribution is 0.204. The normalized spacial score (nSPS) is 32.0. The third-order valence-electron chi connectivity index (χ3n) is 5.47. The van der Waals surface area contributed by atoms with E-state index in [0.29, 0.717) is 0 Å². The van der Waals surface area contributed by atoms with Gasteiger partial charge in [-0.25, -0.2) is 0 Å². The Morgan fingerprint density at radius 2 is 1.81 bits per heavy atom. The number of para-hydroxylation sites is 1. The first-order chi connectivity index (χ1) is 10.3. The van der Waals surface area contributed by atoms with Crippen LogP contribution < -0.4 is 4.90 Å². The number of allylic oxidation sites excluding steroid dienone is 2. The second-order valence-electron chi connectivity index (χ2n) is 6.78. The predicted octanol–water partition coefficient (Wildman–Crippen LogP) is 3.67. The molecule has 3 aliphatic rings. The van der Waals surface area contributed by atoms with Gasteiger partial charge in [-0.1, -0.05) is 35.9 Å². The van der Waals surface area contributed by atoms with E-state index < -0.39 is 0 Å². The van der Waals surface area contributed by atoms with Crippen LogP contribution in [0.15, 0.2) is 36.4 Å². The number of halogens is 1. The van der Waals surface area contributed by atoms with Crippen molar-refractivity contribution in [2.45, 2.75) is 12.8 Å². The van der Waals surface area contributed by atoms with Gasteiger partial charge in [-0.15, -0.1) is 0 Å². The SMILES string of the molecule is Clc1ccccc1N1CCN(C[C@H]2C[C@@H]3C=C[C@@H]2C3)CC1. The summed E-state index contributed by atoms with van der Waals surface area (Å²) in [6.07, 6.45) is 7.76. The molecule has 2 fully saturated rings. The fraction of sp³-hybridized carbons (Fsp3) is 0.556. The Morgan fingerprint density at radius 3 is 2.48 bits per heavy atom. The van der Waals surface area contributed by atoms with Gasteiger partial charge in [-0.2, -0.15) is 0 Å². The predicted molar refractivity (Wildman–Crippen MR) is 88.9 cm³/mol. The summed E-state index contributed by atoms with van der Waals surface area (Å²) in [4.78, 5) is 5.09. The largest absolute Gasteiger partial charge is 0.368 e. The first-order valence-corrected chi connectivity index (χ1v) is 8.57. The topological polar surface area (TPSA) is 6.48 Å². The number of fused-ring (bicyclic) bond motifs is 2. The van der Waals surface area contributed by atoms with Crippen LogP contribution in [0.3, 0.4) is 0 Å². The molecule has 2 nitrogen and oxygen atoms in total. The fourth-order valence-corrected chi connectivity index (χ4v) is 4.57. The molecule has 1 aromatic carbocycles. The number of rotatable bonds is 3. The Hall–Kier alpha value is -0.990. The Bertz CT molecular complexity index is 534. The summed E-state index contributed by atoms with van der Waals surface area (Å²) in [6.45, 7) is 5.83. The zero-order valence-corrected chi connectivity index (χ0v) is 13.2. The molecule has 0 spiro atoms. The summed E-state index contributed by atoms with van der Waals surface area (Å²) in [5, 5.41) is 0.879. The molecular formula is C18H23ClN2. The number of hydrogen-bond acceptors (Lipinski definition) is 2. The molecule has 0 amide bonds. The second kappa shape index (κ2) is 5.66. The van der Waals surface area contributed by atoms with Gasteiger partial charge in [0.05, 0.1) is 10.7 Å². The highest BCUT2D eigenvalue weighted by Crippen LogP contribution is 2.43. The van der Waals surface area contributed by atoms with Gasteiger partial charge in [-0.3, -0.25) is 4.90 Å². The van der Waals surface area contributed by atoms with Crippen LogP contribution in [0.25, 0.3) is 0 Å². The molecule has 0 radical (unpaired) electrons. The van der Waals surface area contributed by atoms with Gasteiger partial charge < -0.3 is 4.90 Å². The molecule has 1 aliphatic heterocycles. The highest BCUT2D eigenvalue weighted by Gasteiger charge is 2.36. The first-order valence-electron chi connectivity index (χ1n) is 8.20. The van der Waals surface area contributed by atoms with Crippen molar-refractivity contribution in [3.05, 3.63) is 41.4 Å². The number of nitrogens with zero attached hydrogens (tertiary/aromatic N) is 2. The van der Waals surface area contributed by atoms with Crippen molar-refractivity contribution in [3.63, 3.8) is 0 Å². The van der Waals surface area contributed by atoms with E-state index in [2.05, 4.69) is 34.1 Å². The van der Waals surface area contributed by atoms with Crippen molar-refractivity contribution in [2.75, 3.05) is 37.6 Å². The molecule has 2 aliphatic carbocycles. The van der Waals surface area contributed by atoms with Gasteiger partial charge in [0.2, 0.25) is 0 Å². The monoisotopic (exact) mass is 302 g/mol. The molecular weight excluding hydrogens is 280 g/mol. The van der Waals surface area contributed by atoms with Gasteiger partial charge in [0.1, 0.15) is 0 Å². The zero-order chi connectivity index (χ0) is 14.2. The van der Waals surface area contributed by atoms with Gasteiger partial charge in [-0.05, 0) is 42.7 Å². The molecule has 3 heteroatoms. The molecule has 0 aromatic heterocycles. The zero-order valence-electron chi connectivity index (χ0n) is 12.4. The van der Waals surface area contributed by atoms with Crippen molar-refractivity contribution >= 4 is 17.3 Å². The van der Waals surface area contributed by atoms with Crippen LogP contribution in [0.1, 0.15) is 12.8 Å². The molecule has 21 heavy (non-hydrogen) atoms. The lowest BCUT2D eigenvalue weighted by Gasteiger charge is -2.38. The maximum Gasteiger partial charge on any atom is 0.0639 e. The lowest BCUT2D eigenvalue weighted by atomic mass is 9.93. The van der Waals surface area contributed by atoms with Gasteiger partial charge in [0.15, 0.2) is 0 Å². The van der Waals surface area contributed by atoms with Crippen molar-refractivity contribution in [3.8, 4) is 0 Å². The summed E-state index contributed by atoms with van der Waals surface area (Å²) in [7, 11) is 0. The molecule has 1 aromatic rings. The molecule has 3 atom stereocenters.